The van der Waals surface area contributed by atoms with E-state index in [2.05, 4.69) is 14.7 Å². The first-order valence-electron chi connectivity index (χ1n) is 11.0. The van der Waals surface area contributed by atoms with Crippen LogP contribution >= 0.6 is 11.6 Å². The lowest BCUT2D eigenvalue weighted by Gasteiger charge is -2.26. The highest BCUT2D eigenvalue weighted by Crippen LogP contribution is 2.47. The Balaban J connectivity index is 1.62. The van der Waals surface area contributed by atoms with Gasteiger partial charge in [0.25, 0.3) is 10.0 Å². The van der Waals surface area contributed by atoms with Crippen molar-refractivity contribution in [3.8, 4) is 5.75 Å². The SMILES string of the molecule is O=S(=O)(c1ccc(Cl)nc1)N(Cc1ccc(OC(F)(F)F)cc1)c1ncc2ccccc2c1C1CC1. The van der Waals surface area contributed by atoms with Gasteiger partial charge in [-0.25, -0.2) is 22.7 Å². The Hall–Kier alpha value is -3.37. The molecule has 0 bridgehead atoms. The number of hydrogen-bond donors (Lipinski definition) is 0. The monoisotopic (exact) mass is 533 g/mol. The van der Waals surface area contributed by atoms with Gasteiger partial charge in [-0.05, 0) is 54.0 Å². The summed E-state index contributed by atoms with van der Waals surface area (Å²) in [7, 11) is -4.17. The molecule has 0 unspecified atom stereocenters. The summed E-state index contributed by atoms with van der Waals surface area (Å²) in [6.45, 7) is -0.164. The highest BCUT2D eigenvalue weighted by atomic mass is 35.5. The van der Waals surface area contributed by atoms with Crippen LogP contribution in [0.3, 0.4) is 0 Å². The molecule has 11 heteroatoms. The zero-order chi connectivity index (χ0) is 25.5. The number of fused-ring (bicyclic) bond motifs is 1. The molecular weight excluding hydrogens is 515 g/mol. The molecule has 0 N–H and O–H groups in total. The summed E-state index contributed by atoms with van der Waals surface area (Å²) in [4.78, 5) is 8.39. The van der Waals surface area contributed by atoms with Gasteiger partial charge in [-0.2, -0.15) is 0 Å². The molecule has 6 nitrogen and oxygen atoms in total. The second kappa shape index (κ2) is 9.25. The maximum atomic E-state index is 13.9. The van der Waals surface area contributed by atoms with Crippen molar-refractivity contribution in [2.24, 2.45) is 0 Å². The largest absolute Gasteiger partial charge is 0.573 e. The number of hydrogen-bond acceptors (Lipinski definition) is 5. The highest BCUT2D eigenvalue weighted by Gasteiger charge is 2.35. The lowest BCUT2D eigenvalue weighted by Crippen LogP contribution is -2.32. The second-order valence-electron chi connectivity index (χ2n) is 8.38. The van der Waals surface area contributed by atoms with Crippen LogP contribution in [0.5, 0.6) is 5.75 Å². The van der Waals surface area contributed by atoms with E-state index in [0.717, 1.165) is 41.3 Å². The van der Waals surface area contributed by atoms with Crippen molar-refractivity contribution in [1.29, 1.82) is 0 Å². The summed E-state index contributed by atoms with van der Waals surface area (Å²) in [5.41, 5.74) is 1.28. The van der Waals surface area contributed by atoms with Crippen LogP contribution in [-0.2, 0) is 16.6 Å². The molecule has 0 spiro atoms. The molecule has 1 aliphatic carbocycles. The molecule has 2 heterocycles. The number of benzene rings is 2. The Bertz CT molecular complexity index is 1510. The van der Waals surface area contributed by atoms with Gasteiger partial charge in [-0.3, -0.25) is 0 Å². The molecule has 5 rings (SSSR count). The van der Waals surface area contributed by atoms with Gasteiger partial charge >= 0.3 is 6.36 Å². The van der Waals surface area contributed by atoms with E-state index in [0.29, 0.717) is 5.56 Å². The van der Waals surface area contributed by atoms with Crippen LogP contribution in [0.2, 0.25) is 5.15 Å². The fourth-order valence-electron chi connectivity index (χ4n) is 4.03. The number of nitrogens with zero attached hydrogens (tertiary/aromatic N) is 3. The maximum absolute atomic E-state index is 13.9. The molecule has 0 radical (unpaired) electrons. The van der Waals surface area contributed by atoms with E-state index >= 15 is 0 Å². The Morgan fingerprint density at radius 3 is 2.33 bits per heavy atom. The molecule has 0 amide bonds. The Labute approximate surface area is 210 Å². The smallest absolute Gasteiger partial charge is 0.406 e. The first-order valence-corrected chi connectivity index (χ1v) is 12.8. The number of alkyl halides is 3. The fraction of sp³-hybridized carbons (Fsp3) is 0.200. The average molecular weight is 534 g/mol. The van der Waals surface area contributed by atoms with Gasteiger partial charge in [-0.1, -0.05) is 48.0 Å². The van der Waals surface area contributed by atoms with E-state index in [9.17, 15) is 21.6 Å². The predicted octanol–water partition coefficient (Wildman–Crippen LogP) is 6.45. The molecule has 1 fully saturated rings. The van der Waals surface area contributed by atoms with E-state index in [1.54, 1.807) is 6.20 Å². The van der Waals surface area contributed by atoms with E-state index in [-0.39, 0.29) is 28.3 Å². The molecule has 2 aromatic carbocycles. The van der Waals surface area contributed by atoms with E-state index in [1.165, 1.54) is 34.8 Å². The first-order chi connectivity index (χ1) is 17.1. The molecule has 4 aromatic rings. The van der Waals surface area contributed by atoms with Crippen molar-refractivity contribution in [2.45, 2.75) is 36.6 Å². The van der Waals surface area contributed by atoms with Crippen LogP contribution in [0.15, 0.2) is 78.0 Å². The average Bonchev–Trinajstić information content (AvgIpc) is 3.67. The van der Waals surface area contributed by atoms with Crippen LogP contribution in [-0.4, -0.2) is 24.7 Å². The normalized spacial score (nSPS) is 14.1. The standard InChI is InChI=1S/C25H19ClF3N3O3S/c26-22-12-11-20(14-30-22)36(33,34)32(15-16-5-9-19(10-6-16)35-25(27,28)29)24-23(17-7-8-17)21-4-2-1-3-18(21)13-31-24/h1-6,9-14,17H,7-8,15H2. The molecule has 0 saturated heterocycles. The Kier molecular flexibility index (Phi) is 6.25. The summed E-state index contributed by atoms with van der Waals surface area (Å²) in [6.07, 6.45) is -0.222. The van der Waals surface area contributed by atoms with Gasteiger partial charge in [0, 0.05) is 23.3 Å². The number of anilines is 1. The number of rotatable bonds is 7. The minimum absolute atomic E-state index is 0.0827. The molecule has 186 valence electrons. The van der Waals surface area contributed by atoms with E-state index < -0.39 is 22.1 Å². The summed E-state index contributed by atoms with van der Waals surface area (Å²) in [6, 6.07) is 15.4. The topological polar surface area (TPSA) is 72.4 Å². The van der Waals surface area contributed by atoms with Crippen molar-refractivity contribution in [2.75, 3.05) is 4.31 Å². The summed E-state index contributed by atoms with van der Waals surface area (Å²) < 4.78 is 70.5. The van der Waals surface area contributed by atoms with Gasteiger partial charge in [0.1, 0.15) is 21.6 Å². The van der Waals surface area contributed by atoms with Crippen molar-refractivity contribution >= 4 is 38.2 Å². The second-order valence-corrected chi connectivity index (χ2v) is 10.6. The molecule has 1 aliphatic rings. The number of ether oxygens (including phenoxy) is 1. The molecular formula is C25H19ClF3N3O3S. The van der Waals surface area contributed by atoms with E-state index in [4.69, 9.17) is 11.6 Å². The van der Waals surface area contributed by atoms with Crippen molar-refractivity contribution in [3.63, 3.8) is 0 Å². The maximum Gasteiger partial charge on any atom is 0.573 e. The van der Waals surface area contributed by atoms with Gasteiger partial charge in [0.2, 0.25) is 0 Å². The zero-order valence-corrected chi connectivity index (χ0v) is 20.2. The van der Waals surface area contributed by atoms with Crippen LogP contribution in [0.1, 0.15) is 29.9 Å². The van der Waals surface area contributed by atoms with Crippen molar-refractivity contribution < 1.29 is 26.3 Å². The summed E-state index contributed by atoms with van der Waals surface area (Å²) in [5, 5.41) is 1.94. The van der Waals surface area contributed by atoms with Gasteiger partial charge in [-0.15, -0.1) is 13.2 Å². The van der Waals surface area contributed by atoms with Gasteiger partial charge in [0.05, 0.1) is 6.54 Å². The van der Waals surface area contributed by atoms with Gasteiger partial charge in [0.15, 0.2) is 0 Å². The molecule has 2 aromatic heterocycles. The van der Waals surface area contributed by atoms with Crippen LogP contribution in [0, 0.1) is 0 Å². The molecule has 0 aliphatic heterocycles. The third-order valence-electron chi connectivity index (χ3n) is 5.81. The van der Waals surface area contributed by atoms with Crippen molar-refractivity contribution in [1.82, 2.24) is 9.97 Å². The lowest BCUT2D eigenvalue weighted by atomic mass is 10.0. The van der Waals surface area contributed by atoms with Crippen LogP contribution in [0.4, 0.5) is 19.0 Å². The minimum atomic E-state index is -4.83. The van der Waals surface area contributed by atoms with E-state index in [1.807, 2.05) is 24.3 Å². The predicted molar refractivity (Wildman–Crippen MR) is 129 cm³/mol. The zero-order valence-electron chi connectivity index (χ0n) is 18.6. The molecule has 36 heavy (non-hydrogen) atoms. The first kappa shape index (κ1) is 24.3. The quantitative estimate of drug-likeness (QED) is 0.255. The van der Waals surface area contributed by atoms with Crippen LogP contribution < -0.4 is 9.04 Å². The third-order valence-corrected chi connectivity index (χ3v) is 7.75. The third kappa shape index (κ3) is 5.10. The number of sulfonamides is 1. The Morgan fingerprint density at radius 2 is 1.69 bits per heavy atom. The summed E-state index contributed by atoms with van der Waals surface area (Å²) in [5.74, 6) is 0.0361. The van der Waals surface area contributed by atoms with Crippen molar-refractivity contribution in [3.05, 3.63) is 89.3 Å². The van der Waals surface area contributed by atoms with Gasteiger partial charge < -0.3 is 4.74 Å². The minimum Gasteiger partial charge on any atom is -0.406 e. The number of halogens is 4. The lowest BCUT2D eigenvalue weighted by molar-refractivity contribution is -0.274. The number of aromatic nitrogens is 2. The Morgan fingerprint density at radius 1 is 0.972 bits per heavy atom. The summed E-state index contributed by atoms with van der Waals surface area (Å²) >= 11 is 5.87. The number of pyridine rings is 2. The molecule has 0 atom stereocenters. The fourth-order valence-corrected chi connectivity index (χ4v) is 5.51. The molecule has 1 saturated carbocycles. The highest BCUT2D eigenvalue weighted by molar-refractivity contribution is 7.92. The van der Waals surface area contributed by atoms with Crippen LogP contribution in [0.25, 0.3) is 10.8 Å².